The highest BCUT2D eigenvalue weighted by Crippen LogP contribution is 2.41. The van der Waals surface area contributed by atoms with Crippen molar-refractivity contribution < 1.29 is 9.53 Å². The molecule has 3 aromatic heterocycles. The molecule has 32 heavy (non-hydrogen) atoms. The lowest BCUT2D eigenvalue weighted by Crippen LogP contribution is -2.31. The van der Waals surface area contributed by atoms with Crippen LogP contribution in [0.2, 0.25) is 0 Å². The molecule has 7 nitrogen and oxygen atoms in total. The predicted octanol–water partition coefficient (Wildman–Crippen LogP) is 3.81. The van der Waals surface area contributed by atoms with E-state index in [1.807, 2.05) is 30.5 Å². The smallest absolute Gasteiger partial charge is 0.305 e. The number of nitrogens with one attached hydrogen (secondary N) is 1. The number of carbonyl (C=O) groups excluding carboxylic acids is 1. The Bertz CT molecular complexity index is 1100. The molecule has 4 heterocycles. The van der Waals surface area contributed by atoms with Crippen LogP contribution >= 0.6 is 12.2 Å². The second-order valence-electron chi connectivity index (χ2n) is 7.87. The normalized spacial score (nSPS) is 18.0. The third-order valence-corrected chi connectivity index (χ3v) is 6.25. The van der Waals surface area contributed by atoms with Crippen LogP contribution in [0.4, 0.5) is 0 Å². The summed E-state index contributed by atoms with van der Waals surface area (Å²) in [5, 5.41) is 4.14. The van der Waals surface area contributed by atoms with Crippen LogP contribution in [0.3, 0.4) is 0 Å². The van der Waals surface area contributed by atoms with Crippen molar-refractivity contribution >= 4 is 23.3 Å². The van der Waals surface area contributed by atoms with Crippen LogP contribution < -0.4 is 5.32 Å². The van der Waals surface area contributed by atoms with Crippen LogP contribution in [-0.2, 0) is 9.53 Å². The minimum absolute atomic E-state index is 0.0494. The van der Waals surface area contributed by atoms with Crippen LogP contribution in [0.5, 0.6) is 0 Å². The molecule has 0 radical (unpaired) electrons. The first-order valence-electron chi connectivity index (χ1n) is 10.7. The molecule has 1 aliphatic rings. The molecule has 3 aromatic rings. The van der Waals surface area contributed by atoms with Gasteiger partial charge < -0.3 is 19.5 Å². The first-order valence-corrected chi connectivity index (χ1v) is 11.1. The molecule has 0 amide bonds. The molecule has 0 saturated carbocycles. The van der Waals surface area contributed by atoms with Crippen molar-refractivity contribution in [3.8, 4) is 5.69 Å². The molecule has 0 spiro atoms. The van der Waals surface area contributed by atoms with E-state index in [9.17, 15) is 4.79 Å². The molecule has 2 atom stereocenters. The monoisotopic (exact) mass is 449 g/mol. The molecule has 1 saturated heterocycles. The van der Waals surface area contributed by atoms with E-state index >= 15 is 0 Å². The van der Waals surface area contributed by atoms with Crippen molar-refractivity contribution in [3.63, 3.8) is 0 Å². The maximum absolute atomic E-state index is 11.7. The minimum atomic E-state index is -0.212. The lowest BCUT2D eigenvalue weighted by Gasteiger charge is -2.28. The fraction of sp³-hybridized carbons (Fsp3) is 0.333. The van der Waals surface area contributed by atoms with E-state index < -0.39 is 0 Å². The largest absolute Gasteiger partial charge is 0.469 e. The van der Waals surface area contributed by atoms with Gasteiger partial charge in [-0.2, -0.15) is 0 Å². The number of thiocarbonyl (C=S) groups is 1. The van der Waals surface area contributed by atoms with Crippen LogP contribution in [0.25, 0.3) is 5.69 Å². The number of nitrogens with zero attached hydrogens (tertiary/aromatic N) is 4. The summed E-state index contributed by atoms with van der Waals surface area (Å²) in [6, 6.07) is 12.0. The number of hydrogen-bond donors (Lipinski definition) is 1. The average molecular weight is 450 g/mol. The van der Waals surface area contributed by atoms with Gasteiger partial charge in [-0.15, -0.1) is 0 Å². The van der Waals surface area contributed by atoms with E-state index in [4.69, 9.17) is 17.0 Å². The van der Waals surface area contributed by atoms with Crippen molar-refractivity contribution in [1.29, 1.82) is 0 Å². The molecule has 1 aliphatic heterocycles. The SMILES string of the molecule is COC(=O)CCCN1C(=S)N[C@@H](c2ccccn2)[C@@H]1c1cc(C)n(-c2cccnc2)c1C. The van der Waals surface area contributed by atoms with Crippen molar-refractivity contribution in [2.45, 2.75) is 38.8 Å². The molecule has 0 aromatic carbocycles. The van der Waals surface area contributed by atoms with Gasteiger partial charge >= 0.3 is 5.97 Å². The molecule has 4 rings (SSSR count). The molecule has 166 valence electrons. The highest BCUT2D eigenvalue weighted by molar-refractivity contribution is 7.80. The van der Waals surface area contributed by atoms with Crippen molar-refractivity contribution in [2.75, 3.05) is 13.7 Å². The first-order chi connectivity index (χ1) is 15.5. The molecule has 8 heteroatoms. The summed E-state index contributed by atoms with van der Waals surface area (Å²) in [4.78, 5) is 22.7. The lowest BCUT2D eigenvalue weighted by molar-refractivity contribution is -0.140. The minimum Gasteiger partial charge on any atom is -0.469 e. The number of carbonyl (C=O) groups is 1. The summed E-state index contributed by atoms with van der Waals surface area (Å²) >= 11 is 5.73. The quantitative estimate of drug-likeness (QED) is 0.434. The maximum Gasteiger partial charge on any atom is 0.305 e. The van der Waals surface area contributed by atoms with Crippen LogP contribution in [0.1, 0.15) is 47.6 Å². The van der Waals surface area contributed by atoms with E-state index in [0.717, 1.165) is 22.8 Å². The molecule has 1 N–H and O–H groups in total. The zero-order valence-electron chi connectivity index (χ0n) is 18.5. The molecule has 0 unspecified atom stereocenters. The fourth-order valence-corrected chi connectivity index (χ4v) is 4.78. The first kappa shape index (κ1) is 22.0. The number of methoxy groups -OCH3 is 1. The molecular formula is C24H27N5O2S. The Labute approximate surface area is 193 Å². The topological polar surface area (TPSA) is 72.3 Å². The Hall–Kier alpha value is -3.26. The lowest BCUT2D eigenvalue weighted by atomic mass is 9.96. The number of ether oxygens (including phenoxy) is 1. The van der Waals surface area contributed by atoms with Crippen LogP contribution in [0.15, 0.2) is 55.0 Å². The van der Waals surface area contributed by atoms with Crippen molar-refractivity contribution in [3.05, 3.63) is 77.6 Å². The molecule has 0 aliphatic carbocycles. The van der Waals surface area contributed by atoms with Gasteiger partial charge in [-0.3, -0.25) is 14.8 Å². The average Bonchev–Trinajstić information content (AvgIpc) is 3.29. The summed E-state index contributed by atoms with van der Waals surface area (Å²) in [6.45, 7) is 4.87. The fourth-order valence-electron chi connectivity index (χ4n) is 4.45. The van der Waals surface area contributed by atoms with Gasteiger partial charge in [-0.05, 0) is 68.4 Å². The molecular weight excluding hydrogens is 422 g/mol. The van der Waals surface area contributed by atoms with Gasteiger partial charge in [0.1, 0.15) is 0 Å². The third kappa shape index (κ3) is 4.23. The standard InChI is InChI=1S/C24H27N5O2S/c1-16-14-19(17(2)29(16)18-8-6-11-25-15-18)23-22(20-9-4-5-12-26-20)27-24(32)28(23)13-7-10-21(30)31-3/h4-6,8-9,11-12,14-15,22-23H,7,10,13H2,1-3H3,(H,27,32)/t22-,23-/m0/s1. The van der Waals surface area contributed by atoms with Gasteiger partial charge in [0.15, 0.2) is 5.11 Å². The second kappa shape index (κ2) is 9.48. The van der Waals surface area contributed by atoms with Gasteiger partial charge in [0.05, 0.1) is 36.8 Å². The Morgan fingerprint density at radius 1 is 1.22 bits per heavy atom. The Morgan fingerprint density at radius 3 is 2.75 bits per heavy atom. The number of rotatable bonds is 7. The Kier molecular flexibility index (Phi) is 6.50. The van der Waals surface area contributed by atoms with Gasteiger partial charge in [-0.1, -0.05) is 6.07 Å². The van der Waals surface area contributed by atoms with Gasteiger partial charge in [0.25, 0.3) is 0 Å². The van der Waals surface area contributed by atoms with E-state index in [1.54, 1.807) is 12.4 Å². The van der Waals surface area contributed by atoms with Gasteiger partial charge in [-0.25, -0.2) is 0 Å². The van der Waals surface area contributed by atoms with E-state index in [1.165, 1.54) is 12.7 Å². The summed E-state index contributed by atoms with van der Waals surface area (Å²) in [6.07, 6.45) is 6.45. The van der Waals surface area contributed by atoms with E-state index in [-0.39, 0.29) is 18.1 Å². The predicted molar refractivity (Wildman–Crippen MR) is 126 cm³/mol. The summed E-state index contributed by atoms with van der Waals surface area (Å²) in [5.74, 6) is -0.212. The highest BCUT2D eigenvalue weighted by Gasteiger charge is 2.41. The zero-order chi connectivity index (χ0) is 22.7. The van der Waals surface area contributed by atoms with Crippen LogP contribution in [0, 0.1) is 13.8 Å². The molecule has 0 bridgehead atoms. The van der Waals surface area contributed by atoms with Crippen molar-refractivity contribution in [2.24, 2.45) is 0 Å². The van der Waals surface area contributed by atoms with E-state index in [0.29, 0.717) is 24.5 Å². The summed E-state index contributed by atoms with van der Waals surface area (Å²) < 4.78 is 7.02. The zero-order valence-corrected chi connectivity index (χ0v) is 19.3. The Morgan fingerprint density at radius 2 is 2.06 bits per heavy atom. The molecule has 1 fully saturated rings. The van der Waals surface area contributed by atoms with E-state index in [2.05, 4.69) is 50.7 Å². The van der Waals surface area contributed by atoms with Gasteiger partial charge in [0, 0.05) is 36.7 Å². The number of aryl methyl sites for hydroxylation is 1. The number of pyridine rings is 2. The van der Waals surface area contributed by atoms with Gasteiger partial charge in [0.2, 0.25) is 0 Å². The maximum atomic E-state index is 11.7. The summed E-state index contributed by atoms with van der Waals surface area (Å²) in [5.41, 5.74) is 5.38. The number of esters is 1. The second-order valence-corrected chi connectivity index (χ2v) is 8.26. The van der Waals surface area contributed by atoms with Crippen LogP contribution in [-0.4, -0.2) is 44.2 Å². The highest BCUT2D eigenvalue weighted by atomic mass is 32.1. The van der Waals surface area contributed by atoms with Crippen molar-refractivity contribution in [1.82, 2.24) is 24.8 Å². The summed E-state index contributed by atoms with van der Waals surface area (Å²) in [7, 11) is 1.41. The third-order valence-electron chi connectivity index (χ3n) is 5.90. The number of aromatic nitrogens is 3. The number of hydrogen-bond acceptors (Lipinski definition) is 5. The Balaban J connectivity index is 1.74.